The molecule has 0 atom stereocenters. The molecule has 0 radical (unpaired) electrons. The zero-order valence-electron chi connectivity index (χ0n) is 10.7. The number of hydrogen-bond donors (Lipinski definition) is 2. The molecule has 0 spiro atoms. The number of hydrogen-bond acceptors (Lipinski definition) is 5. The number of halogens is 1. The van der Waals surface area contributed by atoms with Gasteiger partial charge in [0.15, 0.2) is 5.82 Å². The molecule has 1 aromatic heterocycles. The second-order valence-corrected chi connectivity index (χ2v) is 4.57. The summed E-state index contributed by atoms with van der Waals surface area (Å²) in [6.45, 7) is 0.810. The summed E-state index contributed by atoms with van der Waals surface area (Å²) in [4.78, 5) is 10.2. The summed E-state index contributed by atoms with van der Waals surface area (Å²) in [7, 11) is 1.94. The number of hydrazine groups is 1. The summed E-state index contributed by atoms with van der Waals surface area (Å²) in [6, 6.07) is 10.3. The smallest absolute Gasteiger partial charge is 0.239 e. The summed E-state index contributed by atoms with van der Waals surface area (Å²) in [6.07, 6.45) is 2.46. The molecule has 5 nitrogen and oxygen atoms in total. The lowest BCUT2D eigenvalue weighted by Gasteiger charge is -2.19. The Bertz CT molecular complexity index is 532. The highest BCUT2D eigenvalue weighted by molar-refractivity contribution is 6.32. The molecule has 2 aromatic rings. The highest BCUT2D eigenvalue weighted by atomic mass is 35.5. The van der Waals surface area contributed by atoms with Crippen LogP contribution in [-0.2, 0) is 6.42 Å². The Kier molecular flexibility index (Phi) is 4.54. The highest BCUT2D eigenvalue weighted by Crippen LogP contribution is 2.22. The highest BCUT2D eigenvalue weighted by Gasteiger charge is 2.09. The fourth-order valence-corrected chi connectivity index (χ4v) is 1.98. The second kappa shape index (κ2) is 6.36. The number of nitrogen functional groups attached to an aromatic ring is 1. The van der Waals surface area contributed by atoms with E-state index in [9.17, 15) is 0 Å². The van der Waals surface area contributed by atoms with Gasteiger partial charge in [-0.2, -0.15) is 4.98 Å². The van der Waals surface area contributed by atoms with E-state index in [4.69, 9.17) is 17.4 Å². The van der Waals surface area contributed by atoms with Gasteiger partial charge >= 0.3 is 0 Å². The molecule has 0 unspecified atom stereocenters. The van der Waals surface area contributed by atoms with E-state index in [0.29, 0.717) is 16.8 Å². The first-order valence-corrected chi connectivity index (χ1v) is 6.32. The van der Waals surface area contributed by atoms with Gasteiger partial charge in [-0.15, -0.1) is 0 Å². The van der Waals surface area contributed by atoms with Crippen LogP contribution in [-0.4, -0.2) is 23.6 Å². The Morgan fingerprint density at radius 2 is 2.05 bits per heavy atom. The predicted octanol–water partition coefficient (Wildman–Crippen LogP) is 2.09. The van der Waals surface area contributed by atoms with Crippen molar-refractivity contribution in [3.05, 3.63) is 47.1 Å². The van der Waals surface area contributed by atoms with Crippen molar-refractivity contribution in [1.82, 2.24) is 9.97 Å². The number of rotatable bonds is 5. The van der Waals surface area contributed by atoms with Crippen molar-refractivity contribution in [2.45, 2.75) is 6.42 Å². The largest absolute Gasteiger partial charge is 0.358 e. The number of likely N-dealkylation sites (N-methyl/N-ethyl adjacent to an activating group) is 1. The average molecular weight is 278 g/mol. The molecule has 0 bridgehead atoms. The third-order valence-corrected chi connectivity index (χ3v) is 3.06. The first kappa shape index (κ1) is 13.6. The summed E-state index contributed by atoms with van der Waals surface area (Å²) < 4.78 is 0. The third kappa shape index (κ3) is 3.56. The lowest BCUT2D eigenvalue weighted by atomic mass is 10.1. The molecular formula is C13H16ClN5. The fourth-order valence-electron chi connectivity index (χ4n) is 1.74. The first-order chi connectivity index (χ1) is 9.20. The Hall–Kier alpha value is -1.85. The maximum Gasteiger partial charge on any atom is 0.239 e. The van der Waals surface area contributed by atoms with Gasteiger partial charge in [-0.1, -0.05) is 41.9 Å². The molecule has 0 saturated carbocycles. The van der Waals surface area contributed by atoms with E-state index in [1.165, 1.54) is 11.8 Å². The number of anilines is 2. The van der Waals surface area contributed by atoms with E-state index in [0.717, 1.165) is 13.0 Å². The Balaban J connectivity index is 2.05. The minimum atomic E-state index is 0.353. The van der Waals surface area contributed by atoms with Gasteiger partial charge in [0, 0.05) is 13.6 Å². The second-order valence-electron chi connectivity index (χ2n) is 4.17. The van der Waals surface area contributed by atoms with Crippen LogP contribution in [0, 0.1) is 0 Å². The van der Waals surface area contributed by atoms with Gasteiger partial charge in [-0.25, -0.2) is 10.8 Å². The zero-order valence-corrected chi connectivity index (χ0v) is 11.4. The van der Waals surface area contributed by atoms with Crippen LogP contribution in [0.15, 0.2) is 36.5 Å². The average Bonchev–Trinajstić information content (AvgIpc) is 2.46. The Labute approximate surface area is 117 Å². The van der Waals surface area contributed by atoms with Crippen molar-refractivity contribution < 1.29 is 0 Å². The maximum atomic E-state index is 6.09. The van der Waals surface area contributed by atoms with Crippen LogP contribution in [0.5, 0.6) is 0 Å². The van der Waals surface area contributed by atoms with Crippen LogP contribution < -0.4 is 16.2 Å². The summed E-state index contributed by atoms with van der Waals surface area (Å²) in [5, 5.41) is 0.509. The van der Waals surface area contributed by atoms with Crippen molar-refractivity contribution in [3.63, 3.8) is 0 Å². The molecule has 2 rings (SSSR count). The van der Waals surface area contributed by atoms with Gasteiger partial charge < -0.3 is 4.90 Å². The van der Waals surface area contributed by atoms with E-state index >= 15 is 0 Å². The molecule has 0 aliphatic rings. The van der Waals surface area contributed by atoms with Crippen molar-refractivity contribution >= 4 is 23.4 Å². The molecular weight excluding hydrogens is 262 g/mol. The Morgan fingerprint density at radius 1 is 1.32 bits per heavy atom. The monoisotopic (exact) mass is 277 g/mol. The van der Waals surface area contributed by atoms with Crippen LogP contribution >= 0.6 is 11.6 Å². The van der Waals surface area contributed by atoms with Gasteiger partial charge in [0.2, 0.25) is 5.95 Å². The maximum absolute atomic E-state index is 6.09. The van der Waals surface area contributed by atoms with E-state index < -0.39 is 0 Å². The molecule has 0 aliphatic heterocycles. The third-order valence-electron chi connectivity index (χ3n) is 2.79. The van der Waals surface area contributed by atoms with Gasteiger partial charge in [0.05, 0.1) is 6.20 Å². The van der Waals surface area contributed by atoms with Gasteiger partial charge in [-0.05, 0) is 12.0 Å². The molecule has 1 aromatic carbocycles. The minimum absolute atomic E-state index is 0.353. The van der Waals surface area contributed by atoms with E-state index in [1.807, 2.05) is 30.1 Å². The van der Waals surface area contributed by atoms with Crippen LogP contribution in [0.3, 0.4) is 0 Å². The van der Waals surface area contributed by atoms with Crippen molar-refractivity contribution in [2.75, 3.05) is 23.9 Å². The fraction of sp³-hybridized carbons (Fsp3) is 0.231. The number of benzene rings is 1. The van der Waals surface area contributed by atoms with Crippen LogP contribution in [0.4, 0.5) is 11.8 Å². The molecule has 0 amide bonds. The molecule has 1 heterocycles. The molecule has 0 saturated heterocycles. The normalized spacial score (nSPS) is 10.3. The zero-order chi connectivity index (χ0) is 13.7. The first-order valence-electron chi connectivity index (χ1n) is 5.95. The van der Waals surface area contributed by atoms with Crippen molar-refractivity contribution in [3.8, 4) is 0 Å². The van der Waals surface area contributed by atoms with E-state index in [-0.39, 0.29) is 0 Å². The number of nitrogens with one attached hydrogen (secondary N) is 1. The summed E-state index contributed by atoms with van der Waals surface area (Å²) in [5.74, 6) is 6.32. The Morgan fingerprint density at radius 3 is 2.74 bits per heavy atom. The van der Waals surface area contributed by atoms with Crippen LogP contribution in [0.1, 0.15) is 5.56 Å². The topological polar surface area (TPSA) is 67.1 Å². The molecule has 0 aliphatic carbocycles. The molecule has 100 valence electrons. The standard InChI is InChI=1S/C13H16ClN5/c1-19(8-7-10-5-3-2-4-6-10)12-11(14)9-16-13(17-12)18-15/h2-6,9H,7-8,15H2,1H3,(H,16,17,18). The minimum Gasteiger partial charge on any atom is -0.358 e. The predicted molar refractivity (Wildman–Crippen MR) is 78.3 cm³/mol. The van der Waals surface area contributed by atoms with E-state index in [1.54, 1.807) is 0 Å². The van der Waals surface area contributed by atoms with Crippen LogP contribution in [0.25, 0.3) is 0 Å². The SMILES string of the molecule is CN(CCc1ccccc1)c1nc(NN)ncc1Cl. The molecule has 6 heteroatoms. The van der Waals surface area contributed by atoms with E-state index in [2.05, 4.69) is 27.5 Å². The van der Waals surface area contributed by atoms with Gasteiger partial charge in [0.25, 0.3) is 0 Å². The summed E-state index contributed by atoms with van der Waals surface area (Å²) >= 11 is 6.09. The molecule has 3 N–H and O–H groups in total. The van der Waals surface area contributed by atoms with Crippen molar-refractivity contribution in [2.24, 2.45) is 5.84 Å². The quantitative estimate of drug-likeness (QED) is 0.647. The lowest BCUT2D eigenvalue weighted by Crippen LogP contribution is -2.23. The van der Waals surface area contributed by atoms with Gasteiger partial charge in [-0.3, -0.25) is 5.43 Å². The molecule has 0 fully saturated rings. The number of nitrogens with zero attached hydrogens (tertiary/aromatic N) is 3. The number of nitrogens with two attached hydrogens (primary N) is 1. The lowest BCUT2D eigenvalue weighted by molar-refractivity contribution is 0.856. The van der Waals surface area contributed by atoms with Crippen molar-refractivity contribution in [1.29, 1.82) is 0 Å². The summed E-state index contributed by atoms with van der Waals surface area (Å²) in [5.41, 5.74) is 3.69. The van der Waals surface area contributed by atoms with Gasteiger partial charge in [0.1, 0.15) is 5.02 Å². The van der Waals surface area contributed by atoms with Crippen LogP contribution in [0.2, 0.25) is 5.02 Å². The molecule has 19 heavy (non-hydrogen) atoms. The number of aromatic nitrogens is 2.